The van der Waals surface area contributed by atoms with E-state index in [0.717, 1.165) is 36.3 Å². The summed E-state index contributed by atoms with van der Waals surface area (Å²) in [6.45, 7) is 6.99. The number of carbonyl (C=O) groups excluding carboxylic acids is 1. The Morgan fingerprint density at radius 1 is 1.29 bits per heavy atom. The highest BCUT2D eigenvalue weighted by molar-refractivity contribution is 5.68. The van der Waals surface area contributed by atoms with E-state index in [1.807, 2.05) is 20.8 Å². The first-order chi connectivity index (χ1) is 11.4. The minimum Gasteiger partial charge on any atom is -0.444 e. The van der Waals surface area contributed by atoms with Crippen LogP contribution in [0.3, 0.4) is 0 Å². The average Bonchev–Trinajstić information content (AvgIpc) is 3.08. The first kappa shape index (κ1) is 16.4. The number of likely N-dealkylation sites (tertiary alicyclic amines) is 1. The molecule has 0 spiro atoms. The van der Waals surface area contributed by atoms with E-state index in [-0.39, 0.29) is 12.0 Å². The highest BCUT2D eigenvalue weighted by atomic mass is 16.6. The van der Waals surface area contributed by atoms with Crippen molar-refractivity contribution in [1.82, 2.24) is 25.1 Å². The zero-order chi connectivity index (χ0) is 17.2. The molecule has 24 heavy (non-hydrogen) atoms. The molecule has 3 heterocycles. The fraction of sp³-hybridized carbons (Fsp3) is 0.529. The van der Waals surface area contributed by atoms with Gasteiger partial charge in [0.05, 0.1) is 23.8 Å². The SMILES string of the molecule is CC(C)(C)OC(=O)N1CCC[C@@H](c2cnc(-c3cn[nH]c3)cn2)C1. The van der Waals surface area contributed by atoms with Gasteiger partial charge in [-0.05, 0) is 33.6 Å². The van der Waals surface area contributed by atoms with Crippen LogP contribution in [0.25, 0.3) is 11.3 Å². The average molecular weight is 329 g/mol. The molecule has 3 rings (SSSR count). The van der Waals surface area contributed by atoms with Gasteiger partial charge in [-0.2, -0.15) is 5.10 Å². The van der Waals surface area contributed by atoms with Gasteiger partial charge in [0, 0.05) is 37.0 Å². The molecule has 0 aliphatic carbocycles. The standard InChI is InChI=1S/C17H23N5O2/c1-17(2,3)24-16(23)22-6-4-5-12(11-22)14-9-19-15(10-18-14)13-7-20-21-8-13/h7-10,12H,4-6,11H2,1-3H3,(H,20,21)/t12-/m1/s1. The molecule has 1 atom stereocenters. The van der Waals surface area contributed by atoms with Gasteiger partial charge in [-0.25, -0.2) is 4.79 Å². The van der Waals surface area contributed by atoms with E-state index in [4.69, 9.17) is 4.74 Å². The normalized spacial score (nSPS) is 18.5. The van der Waals surface area contributed by atoms with Gasteiger partial charge in [-0.3, -0.25) is 15.1 Å². The second-order valence-corrected chi connectivity index (χ2v) is 7.08. The molecule has 0 aromatic carbocycles. The summed E-state index contributed by atoms with van der Waals surface area (Å²) in [6.07, 6.45) is 8.74. The number of aromatic nitrogens is 4. The van der Waals surface area contributed by atoms with Crippen LogP contribution in [0.15, 0.2) is 24.8 Å². The summed E-state index contributed by atoms with van der Waals surface area (Å²) >= 11 is 0. The third-order valence-electron chi connectivity index (χ3n) is 3.96. The van der Waals surface area contributed by atoms with Gasteiger partial charge in [0.15, 0.2) is 0 Å². The van der Waals surface area contributed by atoms with Crippen molar-refractivity contribution in [3.05, 3.63) is 30.5 Å². The van der Waals surface area contributed by atoms with E-state index in [1.165, 1.54) is 0 Å². The number of rotatable bonds is 2. The number of aromatic amines is 1. The Hall–Kier alpha value is -2.44. The molecule has 1 aliphatic heterocycles. The molecular formula is C17H23N5O2. The molecule has 2 aromatic rings. The zero-order valence-electron chi connectivity index (χ0n) is 14.3. The highest BCUT2D eigenvalue weighted by Gasteiger charge is 2.29. The fourth-order valence-corrected chi connectivity index (χ4v) is 2.80. The van der Waals surface area contributed by atoms with Crippen LogP contribution in [-0.4, -0.2) is 49.8 Å². The molecule has 128 valence electrons. The number of ether oxygens (including phenoxy) is 1. The maximum atomic E-state index is 12.3. The Labute approximate surface area is 141 Å². The summed E-state index contributed by atoms with van der Waals surface area (Å²) in [5.74, 6) is 0.192. The predicted molar refractivity (Wildman–Crippen MR) is 89.4 cm³/mol. The smallest absolute Gasteiger partial charge is 0.410 e. The molecule has 7 heteroatoms. The van der Waals surface area contributed by atoms with Crippen LogP contribution in [-0.2, 0) is 4.74 Å². The van der Waals surface area contributed by atoms with E-state index >= 15 is 0 Å². The second kappa shape index (κ2) is 6.59. The summed E-state index contributed by atoms with van der Waals surface area (Å²) in [5.41, 5.74) is 2.13. The third kappa shape index (κ3) is 3.90. The van der Waals surface area contributed by atoms with Gasteiger partial charge < -0.3 is 9.64 Å². The van der Waals surface area contributed by atoms with Crippen LogP contribution in [0.5, 0.6) is 0 Å². The Bertz CT molecular complexity index is 676. The molecule has 1 fully saturated rings. The molecule has 7 nitrogen and oxygen atoms in total. The Morgan fingerprint density at radius 2 is 2.12 bits per heavy atom. The van der Waals surface area contributed by atoms with Crippen LogP contribution in [0.4, 0.5) is 4.79 Å². The topological polar surface area (TPSA) is 84.0 Å². The van der Waals surface area contributed by atoms with Gasteiger partial charge in [-0.1, -0.05) is 0 Å². The Kier molecular flexibility index (Phi) is 4.51. The minimum atomic E-state index is -0.476. The van der Waals surface area contributed by atoms with Crippen molar-refractivity contribution in [2.45, 2.75) is 45.1 Å². The van der Waals surface area contributed by atoms with E-state index in [1.54, 1.807) is 29.7 Å². The maximum absolute atomic E-state index is 12.3. The molecule has 0 unspecified atom stereocenters. The summed E-state index contributed by atoms with van der Waals surface area (Å²) < 4.78 is 5.47. The third-order valence-corrected chi connectivity index (χ3v) is 3.96. The molecule has 0 radical (unpaired) electrons. The maximum Gasteiger partial charge on any atom is 0.410 e. The number of carbonyl (C=O) groups is 1. The molecule has 0 bridgehead atoms. The first-order valence-electron chi connectivity index (χ1n) is 8.21. The quantitative estimate of drug-likeness (QED) is 0.915. The highest BCUT2D eigenvalue weighted by Crippen LogP contribution is 2.27. The van der Waals surface area contributed by atoms with Crippen molar-refractivity contribution >= 4 is 6.09 Å². The van der Waals surface area contributed by atoms with E-state index in [9.17, 15) is 4.79 Å². The Balaban J connectivity index is 1.67. The molecule has 1 amide bonds. The lowest BCUT2D eigenvalue weighted by atomic mass is 9.95. The summed E-state index contributed by atoms with van der Waals surface area (Å²) in [4.78, 5) is 23.0. The van der Waals surface area contributed by atoms with Crippen LogP contribution in [0, 0.1) is 0 Å². The lowest BCUT2D eigenvalue weighted by molar-refractivity contribution is 0.0197. The number of nitrogens with zero attached hydrogens (tertiary/aromatic N) is 4. The minimum absolute atomic E-state index is 0.192. The number of H-pyrrole nitrogens is 1. The molecular weight excluding hydrogens is 306 g/mol. The number of piperidine rings is 1. The zero-order valence-corrected chi connectivity index (χ0v) is 14.3. The number of amides is 1. The largest absolute Gasteiger partial charge is 0.444 e. The van der Waals surface area contributed by atoms with Crippen molar-refractivity contribution in [3.63, 3.8) is 0 Å². The van der Waals surface area contributed by atoms with E-state index < -0.39 is 5.60 Å². The van der Waals surface area contributed by atoms with Crippen LogP contribution >= 0.6 is 0 Å². The predicted octanol–water partition coefficient (Wildman–Crippen LogP) is 2.98. The number of hydrogen-bond donors (Lipinski definition) is 1. The van der Waals surface area contributed by atoms with E-state index in [2.05, 4.69) is 20.2 Å². The monoisotopic (exact) mass is 329 g/mol. The van der Waals surface area contributed by atoms with Crippen molar-refractivity contribution in [2.75, 3.05) is 13.1 Å². The van der Waals surface area contributed by atoms with Crippen LogP contribution in [0.2, 0.25) is 0 Å². The van der Waals surface area contributed by atoms with Gasteiger partial charge in [0.25, 0.3) is 0 Å². The molecule has 0 saturated carbocycles. The van der Waals surface area contributed by atoms with E-state index in [0.29, 0.717) is 6.54 Å². The lowest BCUT2D eigenvalue weighted by Gasteiger charge is -2.33. The van der Waals surface area contributed by atoms with Gasteiger partial charge in [-0.15, -0.1) is 0 Å². The molecule has 1 N–H and O–H groups in total. The van der Waals surface area contributed by atoms with Gasteiger partial charge in [0.2, 0.25) is 0 Å². The second-order valence-electron chi connectivity index (χ2n) is 7.08. The van der Waals surface area contributed by atoms with Crippen LogP contribution in [0.1, 0.15) is 45.2 Å². The summed E-state index contributed by atoms with van der Waals surface area (Å²) in [7, 11) is 0. The lowest BCUT2D eigenvalue weighted by Crippen LogP contribution is -2.42. The molecule has 1 saturated heterocycles. The molecule has 1 aliphatic rings. The van der Waals surface area contributed by atoms with Crippen molar-refractivity contribution in [1.29, 1.82) is 0 Å². The summed E-state index contributed by atoms with van der Waals surface area (Å²) in [6, 6.07) is 0. The van der Waals surface area contributed by atoms with Crippen molar-refractivity contribution in [3.8, 4) is 11.3 Å². The van der Waals surface area contributed by atoms with Crippen molar-refractivity contribution < 1.29 is 9.53 Å². The Morgan fingerprint density at radius 3 is 2.75 bits per heavy atom. The van der Waals surface area contributed by atoms with Gasteiger partial charge >= 0.3 is 6.09 Å². The van der Waals surface area contributed by atoms with Crippen molar-refractivity contribution in [2.24, 2.45) is 0 Å². The van der Waals surface area contributed by atoms with Gasteiger partial charge in [0.1, 0.15) is 5.60 Å². The van der Waals surface area contributed by atoms with Crippen LogP contribution < -0.4 is 0 Å². The first-order valence-corrected chi connectivity index (χ1v) is 8.21. The summed E-state index contributed by atoms with van der Waals surface area (Å²) in [5, 5.41) is 6.69. The molecule has 2 aromatic heterocycles. The number of nitrogens with one attached hydrogen (secondary N) is 1. The number of hydrogen-bond acceptors (Lipinski definition) is 5. The fourth-order valence-electron chi connectivity index (χ4n) is 2.80.